The van der Waals surface area contributed by atoms with Crippen LogP contribution in [0.2, 0.25) is 0 Å². The van der Waals surface area contributed by atoms with Gasteiger partial charge < -0.3 is 24.8 Å². The lowest BCUT2D eigenvalue weighted by Crippen LogP contribution is -2.47. The first-order valence-corrected chi connectivity index (χ1v) is 9.56. The van der Waals surface area contributed by atoms with Crippen LogP contribution in [-0.2, 0) is 9.53 Å². The summed E-state index contributed by atoms with van der Waals surface area (Å²) in [7, 11) is 4.03. The molecule has 2 aliphatic heterocycles. The molecular formula is C20H28N2O4. The zero-order chi connectivity index (χ0) is 18.3. The number of nitrogens with one attached hydrogen (secondary N) is 1. The third-order valence-corrected chi connectivity index (χ3v) is 5.70. The molecule has 6 heteroatoms. The van der Waals surface area contributed by atoms with Crippen LogP contribution < -0.4 is 15.0 Å². The number of anilines is 1. The van der Waals surface area contributed by atoms with Gasteiger partial charge in [0.1, 0.15) is 18.0 Å². The Balaban J connectivity index is 1.47. The molecule has 0 radical (unpaired) electrons. The van der Waals surface area contributed by atoms with Crippen molar-refractivity contribution in [2.75, 3.05) is 32.1 Å². The Morgan fingerprint density at radius 3 is 2.85 bits per heavy atom. The summed E-state index contributed by atoms with van der Waals surface area (Å²) in [5.41, 5.74) is 2.28. The molecule has 2 fully saturated rings. The van der Waals surface area contributed by atoms with E-state index in [1.807, 2.05) is 26.2 Å². The number of aliphatic hydroxyl groups is 1. The van der Waals surface area contributed by atoms with Gasteiger partial charge in [-0.05, 0) is 43.4 Å². The standard InChI is InChI=1S/C20H28N2O4/c1-22(2)13-5-6-17-15(7-13)16-8-14(25-18(11-23)20(16)26-17)9-19(24)21-10-12-3-4-12/h5-7,12,14,16,18,20,23H,3-4,8-11H2,1-2H3,(H,21,24)/t14-,16+,18-,20-/m1/s1. The van der Waals surface area contributed by atoms with E-state index in [4.69, 9.17) is 9.47 Å². The van der Waals surface area contributed by atoms with Crippen LogP contribution in [0.5, 0.6) is 5.75 Å². The molecule has 26 heavy (non-hydrogen) atoms. The number of rotatable bonds is 6. The fourth-order valence-electron chi connectivity index (χ4n) is 4.01. The molecule has 0 spiro atoms. The van der Waals surface area contributed by atoms with Crippen molar-refractivity contribution in [2.24, 2.45) is 5.92 Å². The number of carbonyl (C=O) groups is 1. The average molecular weight is 360 g/mol. The van der Waals surface area contributed by atoms with Crippen molar-refractivity contribution in [1.82, 2.24) is 5.32 Å². The van der Waals surface area contributed by atoms with E-state index in [1.54, 1.807) is 0 Å². The van der Waals surface area contributed by atoms with Crippen molar-refractivity contribution >= 4 is 11.6 Å². The van der Waals surface area contributed by atoms with E-state index in [1.165, 1.54) is 12.8 Å². The number of amides is 1. The minimum absolute atomic E-state index is 0.0400. The Hall–Kier alpha value is -1.79. The van der Waals surface area contributed by atoms with Gasteiger partial charge in [0.25, 0.3) is 0 Å². The summed E-state index contributed by atoms with van der Waals surface area (Å²) in [6.07, 6.45) is 2.75. The van der Waals surface area contributed by atoms with E-state index in [0.29, 0.717) is 12.3 Å². The number of fused-ring (bicyclic) bond motifs is 3. The SMILES string of the molecule is CN(C)c1ccc2c(c1)[C@@H]1C[C@H](CC(=O)NCC3CC3)O[C@H](CO)[C@@H]1O2. The maximum Gasteiger partial charge on any atom is 0.222 e. The molecule has 0 aromatic heterocycles. The van der Waals surface area contributed by atoms with Crippen LogP contribution in [0.1, 0.15) is 37.2 Å². The molecule has 4 rings (SSSR count). The number of aliphatic hydroxyl groups excluding tert-OH is 1. The summed E-state index contributed by atoms with van der Waals surface area (Å²) in [6, 6.07) is 6.19. The molecule has 1 saturated heterocycles. The average Bonchev–Trinajstić information content (AvgIpc) is 3.39. The summed E-state index contributed by atoms with van der Waals surface area (Å²) in [5, 5.41) is 12.8. The molecule has 142 valence electrons. The monoisotopic (exact) mass is 360 g/mol. The molecule has 2 N–H and O–H groups in total. The Kier molecular flexibility index (Phi) is 4.80. The summed E-state index contributed by atoms with van der Waals surface area (Å²) in [5.74, 6) is 1.72. The van der Waals surface area contributed by atoms with Crippen LogP contribution >= 0.6 is 0 Å². The molecule has 6 nitrogen and oxygen atoms in total. The zero-order valence-electron chi connectivity index (χ0n) is 15.5. The van der Waals surface area contributed by atoms with Crippen molar-refractivity contribution < 1.29 is 19.4 Å². The topological polar surface area (TPSA) is 71.0 Å². The summed E-state index contributed by atoms with van der Waals surface area (Å²) < 4.78 is 12.1. The number of ether oxygens (including phenoxy) is 2. The van der Waals surface area contributed by atoms with E-state index >= 15 is 0 Å². The van der Waals surface area contributed by atoms with Gasteiger partial charge in [0.05, 0.1) is 19.1 Å². The molecule has 1 saturated carbocycles. The second-order valence-electron chi connectivity index (χ2n) is 7.97. The first-order chi connectivity index (χ1) is 12.5. The van der Waals surface area contributed by atoms with Gasteiger partial charge in [-0.3, -0.25) is 4.79 Å². The second-order valence-corrected chi connectivity index (χ2v) is 7.97. The Bertz CT molecular complexity index is 674. The highest BCUT2D eigenvalue weighted by Crippen LogP contribution is 2.47. The highest BCUT2D eigenvalue weighted by Gasteiger charge is 2.46. The summed E-state index contributed by atoms with van der Waals surface area (Å²) in [6.45, 7) is 0.676. The molecule has 1 aromatic carbocycles. The maximum absolute atomic E-state index is 12.2. The van der Waals surface area contributed by atoms with Crippen molar-refractivity contribution in [2.45, 2.75) is 49.9 Å². The molecule has 0 bridgehead atoms. The number of hydrogen-bond donors (Lipinski definition) is 2. The van der Waals surface area contributed by atoms with Crippen molar-refractivity contribution in [3.63, 3.8) is 0 Å². The van der Waals surface area contributed by atoms with E-state index in [9.17, 15) is 9.90 Å². The van der Waals surface area contributed by atoms with Gasteiger partial charge in [-0.25, -0.2) is 0 Å². The van der Waals surface area contributed by atoms with E-state index in [2.05, 4.69) is 16.3 Å². The number of benzene rings is 1. The fourth-order valence-corrected chi connectivity index (χ4v) is 4.01. The van der Waals surface area contributed by atoms with Gasteiger partial charge in [0.15, 0.2) is 0 Å². The predicted octanol–water partition coefficient (Wildman–Crippen LogP) is 1.66. The third-order valence-electron chi connectivity index (χ3n) is 5.70. The smallest absolute Gasteiger partial charge is 0.222 e. The zero-order valence-corrected chi connectivity index (χ0v) is 15.5. The normalized spacial score (nSPS) is 29.5. The Labute approximate surface area is 154 Å². The van der Waals surface area contributed by atoms with Crippen molar-refractivity contribution in [3.8, 4) is 5.75 Å². The predicted molar refractivity (Wildman–Crippen MR) is 98.6 cm³/mol. The Morgan fingerprint density at radius 2 is 2.15 bits per heavy atom. The van der Waals surface area contributed by atoms with Crippen LogP contribution in [0.25, 0.3) is 0 Å². The number of carbonyl (C=O) groups excluding carboxylic acids is 1. The first kappa shape index (κ1) is 17.6. The van der Waals surface area contributed by atoms with Gasteiger partial charge in [0, 0.05) is 37.8 Å². The Morgan fingerprint density at radius 1 is 1.35 bits per heavy atom. The molecule has 1 amide bonds. The lowest BCUT2D eigenvalue weighted by molar-refractivity contribution is -0.142. The van der Waals surface area contributed by atoms with Crippen molar-refractivity contribution in [1.29, 1.82) is 0 Å². The van der Waals surface area contributed by atoms with E-state index in [-0.39, 0.29) is 30.6 Å². The van der Waals surface area contributed by atoms with E-state index in [0.717, 1.165) is 30.0 Å². The van der Waals surface area contributed by atoms with Crippen LogP contribution in [0, 0.1) is 5.92 Å². The lowest BCUT2D eigenvalue weighted by Gasteiger charge is -2.37. The molecule has 0 unspecified atom stereocenters. The molecule has 2 heterocycles. The first-order valence-electron chi connectivity index (χ1n) is 9.56. The van der Waals surface area contributed by atoms with Crippen molar-refractivity contribution in [3.05, 3.63) is 23.8 Å². The summed E-state index contributed by atoms with van der Waals surface area (Å²) >= 11 is 0. The highest BCUT2D eigenvalue weighted by molar-refractivity contribution is 5.76. The molecule has 3 aliphatic rings. The lowest BCUT2D eigenvalue weighted by atomic mass is 9.84. The van der Waals surface area contributed by atoms with Gasteiger partial charge in [-0.15, -0.1) is 0 Å². The van der Waals surface area contributed by atoms with E-state index < -0.39 is 6.10 Å². The number of hydrogen-bond acceptors (Lipinski definition) is 5. The molecule has 4 atom stereocenters. The minimum Gasteiger partial charge on any atom is -0.487 e. The minimum atomic E-state index is -0.398. The molecule has 1 aromatic rings. The second kappa shape index (κ2) is 7.08. The molecular weight excluding hydrogens is 332 g/mol. The highest BCUT2D eigenvalue weighted by atomic mass is 16.6. The van der Waals surface area contributed by atoms with Gasteiger partial charge in [-0.1, -0.05) is 0 Å². The van der Waals surface area contributed by atoms with Gasteiger partial charge in [-0.2, -0.15) is 0 Å². The van der Waals surface area contributed by atoms with Gasteiger partial charge >= 0.3 is 0 Å². The quantitative estimate of drug-likeness (QED) is 0.807. The number of nitrogens with zero attached hydrogens (tertiary/aromatic N) is 1. The fraction of sp³-hybridized carbons (Fsp3) is 0.650. The van der Waals surface area contributed by atoms with Gasteiger partial charge in [0.2, 0.25) is 5.91 Å². The summed E-state index contributed by atoms with van der Waals surface area (Å²) in [4.78, 5) is 14.3. The van der Waals surface area contributed by atoms with Crippen LogP contribution in [0.3, 0.4) is 0 Å². The van der Waals surface area contributed by atoms with Crippen LogP contribution in [0.4, 0.5) is 5.69 Å². The molecule has 1 aliphatic carbocycles. The van der Waals surface area contributed by atoms with Crippen LogP contribution in [-0.4, -0.2) is 56.6 Å². The largest absolute Gasteiger partial charge is 0.487 e. The third kappa shape index (κ3) is 3.53. The maximum atomic E-state index is 12.2. The van der Waals surface area contributed by atoms with Crippen LogP contribution in [0.15, 0.2) is 18.2 Å².